The van der Waals surface area contributed by atoms with Gasteiger partial charge in [0.15, 0.2) is 0 Å². The molecule has 5 heteroatoms. The fourth-order valence-electron chi connectivity index (χ4n) is 1.93. The van der Waals surface area contributed by atoms with Gasteiger partial charge >= 0.3 is 0 Å². The molecule has 0 radical (unpaired) electrons. The first-order chi connectivity index (χ1) is 9.45. The molecule has 0 heterocycles. The molecule has 0 aliphatic rings. The number of alkyl halides is 1. The van der Waals surface area contributed by atoms with Gasteiger partial charge < -0.3 is 4.74 Å². The van der Waals surface area contributed by atoms with Crippen molar-refractivity contribution in [2.24, 2.45) is 0 Å². The molecule has 0 fully saturated rings. The van der Waals surface area contributed by atoms with Gasteiger partial charge in [-0.3, -0.25) is 0 Å². The summed E-state index contributed by atoms with van der Waals surface area (Å²) >= 11 is 13.1. The second kappa shape index (κ2) is 6.46. The molecule has 2 aromatic carbocycles. The molecule has 0 saturated carbocycles. The Kier molecular flexibility index (Phi) is 5.10. The van der Waals surface area contributed by atoms with Crippen molar-refractivity contribution in [2.45, 2.75) is 12.3 Å². The highest BCUT2D eigenvalue weighted by atomic mass is 79.9. The van der Waals surface area contributed by atoms with Crippen LogP contribution in [0.15, 0.2) is 39.3 Å². The maximum absolute atomic E-state index is 14.2. The topological polar surface area (TPSA) is 9.23 Å². The van der Waals surface area contributed by atoms with Crippen LogP contribution in [0, 0.1) is 12.7 Å². The number of ether oxygens (including phenoxy) is 1. The summed E-state index contributed by atoms with van der Waals surface area (Å²) in [6.07, 6.45) is 0. The quantitative estimate of drug-likeness (QED) is 0.552. The molecule has 0 amide bonds. The molecule has 2 aromatic rings. The predicted molar refractivity (Wildman–Crippen MR) is 87.2 cm³/mol. The van der Waals surface area contributed by atoms with Gasteiger partial charge in [0.05, 0.1) is 17.0 Å². The van der Waals surface area contributed by atoms with Gasteiger partial charge in [0, 0.05) is 15.6 Å². The van der Waals surface area contributed by atoms with Gasteiger partial charge in [-0.05, 0) is 46.6 Å². The van der Waals surface area contributed by atoms with E-state index in [0.29, 0.717) is 15.8 Å². The average Bonchev–Trinajstić information content (AvgIpc) is 2.43. The molecule has 0 aliphatic heterocycles. The molecular weight excluding hydrogens is 410 g/mol. The van der Waals surface area contributed by atoms with Crippen LogP contribution in [0.3, 0.4) is 0 Å². The molecule has 0 aliphatic carbocycles. The van der Waals surface area contributed by atoms with Crippen molar-refractivity contribution in [2.75, 3.05) is 7.11 Å². The fraction of sp³-hybridized carbons (Fsp3) is 0.200. The van der Waals surface area contributed by atoms with Crippen LogP contribution in [0.1, 0.15) is 22.1 Å². The van der Waals surface area contributed by atoms with Crippen molar-refractivity contribution in [3.8, 4) is 5.75 Å². The number of halogens is 4. The fourth-order valence-corrected chi connectivity index (χ4v) is 3.01. The van der Waals surface area contributed by atoms with E-state index >= 15 is 0 Å². The number of methoxy groups -OCH3 is 1. The van der Waals surface area contributed by atoms with Crippen LogP contribution in [-0.2, 0) is 0 Å². The van der Waals surface area contributed by atoms with Crippen molar-refractivity contribution >= 4 is 43.5 Å². The Bertz CT molecular complexity index is 646. The van der Waals surface area contributed by atoms with Crippen LogP contribution in [-0.4, -0.2) is 7.11 Å². The molecule has 0 bridgehead atoms. The SMILES string of the molecule is COc1cc(C)c(Br)cc1C(Cl)c1cccc(Br)c1F. The van der Waals surface area contributed by atoms with Crippen LogP contribution >= 0.6 is 43.5 Å². The van der Waals surface area contributed by atoms with Crippen molar-refractivity contribution in [1.29, 1.82) is 0 Å². The summed E-state index contributed by atoms with van der Waals surface area (Å²) in [5.74, 6) is 0.288. The van der Waals surface area contributed by atoms with Gasteiger partial charge in [0.25, 0.3) is 0 Å². The monoisotopic (exact) mass is 420 g/mol. The first-order valence-corrected chi connectivity index (χ1v) is 7.90. The minimum atomic E-state index is -0.626. The summed E-state index contributed by atoms with van der Waals surface area (Å²) in [5.41, 5.74) is 2.17. The highest BCUT2D eigenvalue weighted by Gasteiger charge is 2.21. The first kappa shape index (κ1) is 15.8. The third kappa shape index (κ3) is 3.02. The summed E-state index contributed by atoms with van der Waals surface area (Å²) < 4.78 is 20.8. The van der Waals surface area contributed by atoms with E-state index in [-0.39, 0.29) is 5.82 Å². The number of hydrogen-bond acceptors (Lipinski definition) is 1. The van der Waals surface area contributed by atoms with E-state index in [4.69, 9.17) is 16.3 Å². The Morgan fingerprint density at radius 2 is 1.85 bits per heavy atom. The maximum atomic E-state index is 14.2. The highest BCUT2D eigenvalue weighted by Crippen LogP contribution is 2.39. The van der Waals surface area contributed by atoms with Gasteiger partial charge in [-0.1, -0.05) is 28.1 Å². The summed E-state index contributed by atoms with van der Waals surface area (Å²) in [4.78, 5) is 0. The third-order valence-electron chi connectivity index (χ3n) is 3.04. The lowest BCUT2D eigenvalue weighted by atomic mass is 10.0. The van der Waals surface area contributed by atoms with E-state index in [2.05, 4.69) is 31.9 Å². The molecule has 1 atom stereocenters. The number of aryl methyl sites for hydroxylation is 1. The van der Waals surface area contributed by atoms with Crippen molar-refractivity contribution < 1.29 is 9.13 Å². The summed E-state index contributed by atoms with van der Waals surface area (Å²) in [6, 6.07) is 8.82. The zero-order valence-corrected chi connectivity index (χ0v) is 14.8. The molecule has 0 spiro atoms. The molecule has 0 saturated heterocycles. The van der Waals surface area contributed by atoms with E-state index in [0.717, 1.165) is 15.6 Å². The standard InChI is InChI=1S/C15H12Br2ClFO/c1-8-6-13(20-2)10(7-12(8)17)14(18)9-4-3-5-11(16)15(9)19/h3-7,14H,1-2H3. The van der Waals surface area contributed by atoms with E-state index in [1.54, 1.807) is 25.3 Å². The number of hydrogen-bond donors (Lipinski definition) is 0. The normalized spacial score (nSPS) is 12.3. The Balaban J connectivity index is 2.55. The summed E-state index contributed by atoms with van der Waals surface area (Å²) in [5, 5.41) is -0.626. The van der Waals surface area contributed by atoms with E-state index < -0.39 is 5.38 Å². The van der Waals surface area contributed by atoms with E-state index in [9.17, 15) is 4.39 Å². The van der Waals surface area contributed by atoms with Crippen molar-refractivity contribution in [3.63, 3.8) is 0 Å². The van der Waals surface area contributed by atoms with Gasteiger partial charge in [0.1, 0.15) is 11.6 Å². The number of rotatable bonds is 3. The molecule has 2 rings (SSSR count). The predicted octanol–water partition coefficient (Wildman–Crippen LogP) is 6.00. The lowest BCUT2D eigenvalue weighted by Crippen LogP contribution is -2.01. The van der Waals surface area contributed by atoms with Crippen LogP contribution in [0.5, 0.6) is 5.75 Å². The minimum Gasteiger partial charge on any atom is -0.496 e. The summed E-state index contributed by atoms with van der Waals surface area (Å²) in [7, 11) is 1.58. The zero-order valence-electron chi connectivity index (χ0n) is 10.9. The lowest BCUT2D eigenvalue weighted by molar-refractivity contribution is 0.409. The highest BCUT2D eigenvalue weighted by molar-refractivity contribution is 9.10. The third-order valence-corrected chi connectivity index (χ3v) is 4.98. The molecule has 106 valence electrons. The van der Waals surface area contributed by atoms with Gasteiger partial charge in [-0.25, -0.2) is 4.39 Å². The molecule has 1 unspecified atom stereocenters. The molecule has 20 heavy (non-hydrogen) atoms. The first-order valence-electron chi connectivity index (χ1n) is 5.87. The largest absolute Gasteiger partial charge is 0.496 e. The molecule has 0 aromatic heterocycles. The van der Waals surface area contributed by atoms with E-state index in [1.807, 2.05) is 19.1 Å². The lowest BCUT2D eigenvalue weighted by Gasteiger charge is -2.17. The number of benzene rings is 2. The van der Waals surface area contributed by atoms with Crippen molar-refractivity contribution in [3.05, 3.63) is 61.8 Å². The zero-order chi connectivity index (χ0) is 14.9. The van der Waals surface area contributed by atoms with E-state index in [1.165, 1.54) is 0 Å². The van der Waals surface area contributed by atoms with Gasteiger partial charge in [-0.2, -0.15) is 0 Å². The van der Waals surface area contributed by atoms with Crippen LogP contribution in [0.2, 0.25) is 0 Å². The average molecular weight is 423 g/mol. The van der Waals surface area contributed by atoms with Crippen LogP contribution in [0.25, 0.3) is 0 Å². The second-order valence-corrected chi connectivity index (χ2v) is 6.49. The Morgan fingerprint density at radius 1 is 1.15 bits per heavy atom. The smallest absolute Gasteiger partial charge is 0.142 e. The molecule has 0 N–H and O–H groups in total. The molecular formula is C15H12Br2ClFO. The van der Waals surface area contributed by atoms with Gasteiger partial charge in [-0.15, -0.1) is 11.6 Å². The minimum absolute atomic E-state index is 0.355. The molecule has 1 nitrogen and oxygen atoms in total. The Hall–Kier alpha value is -0.580. The van der Waals surface area contributed by atoms with Crippen molar-refractivity contribution in [1.82, 2.24) is 0 Å². The Morgan fingerprint density at radius 3 is 2.50 bits per heavy atom. The van der Waals surface area contributed by atoms with Gasteiger partial charge in [0.2, 0.25) is 0 Å². The summed E-state index contributed by atoms with van der Waals surface area (Å²) in [6.45, 7) is 1.96. The Labute approximate surface area is 139 Å². The maximum Gasteiger partial charge on any atom is 0.142 e. The van der Waals surface area contributed by atoms with Crippen LogP contribution < -0.4 is 4.74 Å². The second-order valence-electron chi connectivity index (χ2n) is 4.35. The van der Waals surface area contributed by atoms with Crippen LogP contribution in [0.4, 0.5) is 4.39 Å².